The lowest BCUT2D eigenvalue weighted by Crippen LogP contribution is -2.46. The summed E-state index contributed by atoms with van der Waals surface area (Å²) in [5.41, 5.74) is -0.740. The third-order valence-electron chi connectivity index (χ3n) is 2.79. The van der Waals surface area contributed by atoms with Crippen molar-refractivity contribution in [1.82, 2.24) is 0 Å². The number of aliphatic hydroxyl groups is 2. The normalized spacial score (nSPS) is 10.6. The molecule has 108 valence electrons. The molecule has 0 radical (unpaired) electrons. The van der Waals surface area contributed by atoms with Gasteiger partial charge in [-0.1, -0.05) is 26.0 Å². The summed E-state index contributed by atoms with van der Waals surface area (Å²) < 4.78 is 0. The molecule has 0 spiro atoms. The van der Waals surface area contributed by atoms with E-state index in [0.717, 1.165) is 10.5 Å². The zero-order chi connectivity index (χ0) is 14.9. The van der Waals surface area contributed by atoms with Gasteiger partial charge in [-0.2, -0.15) is 0 Å². The molecule has 6 heteroatoms. The van der Waals surface area contributed by atoms with Crippen molar-refractivity contribution < 1.29 is 15.1 Å². The van der Waals surface area contributed by atoms with E-state index in [-0.39, 0.29) is 6.42 Å². The Bertz CT molecular complexity index is 377. The minimum atomic E-state index is -1.65. The second-order valence-corrected chi connectivity index (χ2v) is 4.48. The largest absolute Gasteiger partial charge is 0.389 e. The maximum Gasteiger partial charge on any atom is 0.267 e. The van der Waals surface area contributed by atoms with Gasteiger partial charge in [-0.25, -0.2) is 0 Å². The zero-order valence-corrected chi connectivity index (χ0v) is 12.1. The van der Waals surface area contributed by atoms with E-state index >= 15 is 0 Å². The van der Waals surface area contributed by atoms with Gasteiger partial charge in [-0.3, -0.25) is 10.1 Å². The van der Waals surface area contributed by atoms with Crippen LogP contribution in [0.2, 0.25) is 0 Å². The minimum Gasteiger partial charge on any atom is -0.389 e. The molecule has 1 aromatic rings. The van der Waals surface area contributed by atoms with E-state index < -0.39 is 23.7 Å². The Kier molecular flexibility index (Phi) is 8.38. The van der Waals surface area contributed by atoms with Crippen LogP contribution >= 0.6 is 12.6 Å². The molecule has 0 aliphatic heterocycles. The number of hydrogen-bond donors (Lipinski definition) is 3. The molecule has 0 unspecified atom stereocenters. The molecular weight excluding hydrogens is 266 g/mol. The van der Waals surface area contributed by atoms with Crippen LogP contribution in [0.4, 0.5) is 0 Å². The van der Waals surface area contributed by atoms with Crippen LogP contribution < -0.4 is 0 Å². The predicted molar refractivity (Wildman–Crippen MR) is 77.3 cm³/mol. The van der Waals surface area contributed by atoms with Crippen LogP contribution in [0.25, 0.3) is 0 Å². The average Bonchev–Trinajstić information content (AvgIpc) is 2.44. The van der Waals surface area contributed by atoms with E-state index in [9.17, 15) is 10.1 Å². The third-order valence-corrected chi connectivity index (χ3v) is 3.09. The summed E-state index contributed by atoms with van der Waals surface area (Å²) in [6.45, 7) is 2.67. The van der Waals surface area contributed by atoms with Crippen LogP contribution in [0.3, 0.4) is 0 Å². The SMILES string of the molecule is CC.O=[N+]([O-])C(CO)(CO)CCc1ccc(S)cc1. The molecule has 1 aromatic carbocycles. The van der Waals surface area contributed by atoms with Crippen molar-refractivity contribution in [3.8, 4) is 0 Å². The van der Waals surface area contributed by atoms with E-state index in [4.69, 9.17) is 10.2 Å². The van der Waals surface area contributed by atoms with Gasteiger partial charge in [-0.15, -0.1) is 12.6 Å². The zero-order valence-electron chi connectivity index (χ0n) is 11.2. The van der Waals surface area contributed by atoms with Gasteiger partial charge >= 0.3 is 0 Å². The number of nitrogens with zero attached hydrogens (tertiary/aromatic N) is 1. The second kappa shape index (κ2) is 8.90. The number of thiol groups is 1. The summed E-state index contributed by atoms with van der Waals surface area (Å²) in [6.07, 6.45) is 0.523. The molecule has 0 aliphatic carbocycles. The number of aliphatic hydroxyl groups excluding tert-OH is 2. The quantitative estimate of drug-likeness (QED) is 0.424. The van der Waals surface area contributed by atoms with Crippen molar-refractivity contribution in [1.29, 1.82) is 0 Å². The number of aryl methyl sites for hydroxylation is 1. The van der Waals surface area contributed by atoms with Crippen LogP contribution in [-0.2, 0) is 6.42 Å². The fourth-order valence-corrected chi connectivity index (χ4v) is 1.60. The molecule has 0 amide bonds. The number of rotatable bonds is 6. The minimum absolute atomic E-state index is 0.0961. The highest BCUT2D eigenvalue weighted by atomic mass is 32.1. The Hall–Kier alpha value is -1.11. The van der Waals surface area contributed by atoms with Crippen LogP contribution in [0.15, 0.2) is 29.2 Å². The summed E-state index contributed by atoms with van der Waals surface area (Å²) in [4.78, 5) is 11.0. The van der Waals surface area contributed by atoms with Gasteiger partial charge in [0.25, 0.3) is 5.54 Å². The van der Waals surface area contributed by atoms with Gasteiger partial charge < -0.3 is 10.2 Å². The van der Waals surface area contributed by atoms with E-state index in [2.05, 4.69) is 12.6 Å². The van der Waals surface area contributed by atoms with E-state index in [1.807, 2.05) is 26.0 Å². The van der Waals surface area contributed by atoms with Gasteiger partial charge in [-0.05, 0) is 24.1 Å². The van der Waals surface area contributed by atoms with Crippen molar-refractivity contribution in [2.45, 2.75) is 37.1 Å². The second-order valence-electron chi connectivity index (χ2n) is 3.96. The predicted octanol–water partition coefficient (Wildman–Crippen LogP) is 1.93. The van der Waals surface area contributed by atoms with Crippen molar-refractivity contribution >= 4 is 12.6 Å². The lowest BCUT2D eigenvalue weighted by molar-refractivity contribution is -0.578. The average molecular weight is 287 g/mol. The first-order valence-corrected chi connectivity index (χ1v) is 6.63. The van der Waals surface area contributed by atoms with Crippen molar-refractivity contribution in [3.05, 3.63) is 39.9 Å². The molecule has 5 nitrogen and oxygen atoms in total. The van der Waals surface area contributed by atoms with Gasteiger partial charge in [0.05, 0.1) is 0 Å². The first kappa shape index (κ1) is 17.9. The Labute approximate surface area is 118 Å². The van der Waals surface area contributed by atoms with Crippen LogP contribution in [-0.4, -0.2) is 33.9 Å². The fourth-order valence-electron chi connectivity index (χ4n) is 1.45. The number of hydrogen-bond acceptors (Lipinski definition) is 5. The molecule has 0 saturated carbocycles. The van der Waals surface area contributed by atoms with Crippen LogP contribution in [0.1, 0.15) is 25.8 Å². The van der Waals surface area contributed by atoms with E-state index in [0.29, 0.717) is 6.42 Å². The third kappa shape index (κ3) is 5.18. The highest BCUT2D eigenvalue weighted by Gasteiger charge is 2.41. The van der Waals surface area contributed by atoms with Crippen molar-refractivity contribution in [3.63, 3.8) is 0 Å². The van der Waals surface area contributed by atoms with Crippen LogP contribution in [0, 0.1) is 10.1 Å². The Morgan fingerprint density at radius 3 is 2.05 bits per heavy atom. The molecule has 0 saturated heterocycles. The summed E-state index contributed by atoms with van der Waals surface area (Å²) in [5.74, 6) is 0. The highest BCUT2D eigenvalue weighted by Crippen LogP contribution is 2.18. The molecule has 2 N–H and O–H groups in total. The molecule has 0 aliphatic rings. The highest BCUT2D eigenvalue weighted by molar-refractivity contribution is 7.80. The topological polar surface area (TPSA) is 83.6 Å². The van der Waals surface area contributed by atoms with Crippen molar-refractivity contribution in [2.24, 2.45) is 0 Å². The van der Waals surface area contributed by atoms with E-state index in [1.54, 1.807) is 12.1 Å². The van der Waals surface area contributed by atoms with Gasteiger partial charge in [0, 0.05) is 16.2 Å². The molecule has 0 aromatic heterocycles. The smallest absolute Gasteiger partial charge is 0.267 e. The summed E-state index contributed by atoms with van der Waals surface area (Å²) >= 11 is 4.14. The Morgan fingerprint density at radius 1 is 1.21 bits per heavy atom. The number of benzene rings is 1. The molecule has 0 fully saturated rings. The molecule has 0 heterocycles. The summed E-state index contributed by atoms with van der Waals surface area (Å²) in [6, 6.07) is 7.23. The fraction of sp³-hybridized carbons (Fsp3) is 0.538. The Balaban J connectivity index is 0.00000154. The maximum absolute atomic E-state index is 10.8. The first-order valence-electron chi connectivity index (χ1n) is 6.18. The van der Waals surface area contributed by atoms with Crippen molar-refractivity contribution in [2.75, 3.05) is 13.2 Å². The molecular formula is C13H21NO4S. The standard InChI is InChI=1S/C11H15NO4S.C2H6/c13-7-11(8-14,12(15)16)6-5-9-1-3-10(17)4-2-9;1-2/h1-4,13-14,17H,5-8H2;1-2H3. The number of nitro groups is 1. The van der Waals surface area contributed by atoms with E-state index in [1.165, 1.54) is 0 Å². The van der Waals surface area contributed by atoms with Gasteiger partial charge in [0.2, 0.25) is 0 Å². The molecule has 19 heavy (non-hydrogen) atoms. The molecule has 0 atom stereocenters. The molecule has 0 bridgehead atoms. The van der Waals surface area contributed by atoms with Gasteiger partial charge in [0.15, 0.2) is 0 Å². The Morgan fingerprint density at radius 2 is 1.68 bits per heavy atom. The lowest BCUT2D eigenvalue weighted by atomic mass is 9.93. The lowest BCUT2D eigenvalue weighted by Gasteiger charge is -2.20. The first-order chi connectivity index (χ1) is 9.04. The summed E-state index contributed by atoms with van der Waals surface area (Å²) in [7, 11) is 0. The van der Waals surface area contributed by atoms with Gasteiger partial charge in [0.1, 0.15) is 13.2 Å². The molecule has 1 rings (SSSR count). The monoisotopic (exact) mass is 287 g/mol. The summed E-state index contributed by atoms with van der Waals surface area (Å²) in [5, 5.41) is 28.9. The van der Waals surface area contributed by atoms with Crippen LogP contribution in [0.5, 0.6) is 0 Å². The maximum atomic E-state index is 10.8.